The fraction of sp³-hybridized carbons (Fsp3) is 0.250. The smallest absolute Gasteiger partial charge is 0.260 e. The number of para-hydroxylation sites is 1. The van der Waals surface area contributed by atoms with Crippen molar-refractivity contribution in [2.24, 2.45) is 0 Å². The molecule has 26 heavy (non-hydrogen) atoms. The normalized spacial score (nSPS) is 16.6. The number of hydrogen-bond donors (Lipinski definition) is 0. The molecule has 6 nitrogen and oxygen atoms in total. The molecule has 2 heterocycles. The Morgan fingerprint density at radius 3 is 2.58 bits per heavy atom. The maximum atomic E-state index is 12.4. The first-order chi connectivity index (χ1) is 12.8. The molecule has 0 spiro atoms. The molecule has 1 atom stereocenters. The number of rotatable bonds is 5. The molecular formula is C20H20N4O2. The minimum absolute atomic E-state index is 0.000230. The third-order valence-electron chi connectivity index (χ3n) is 4.58. The number of ether oxygens (including phenoxy) is 1. The van der Waals surface area contributed by atoms with Gasteiger partial charge in [-0.25, -0.2) is 4.68 Å². The van der Waals surface area contributed by atoms with E-state index in [1.54, 1.807) is 0 Å². The topological polar surface area (TPSA) is 60.2 Å². The van der Waals surface area contributed by atoms with Crippen LogP contribution >= 0.6 is 0 Å². The van der Waals surface area contributed by atoms with Crippen molar-refractivity contribution in [3.63, 3.8) is 0 Å². The van der Waals surface area contributed by atoms with Gasteiger partial charge >= 0.3 is 0 Å². The van der Waals surface area contributed by atoms with E-state index in [-0.39, 0.29) is 18.6 Å². The number of amides is 1. The van der Waals surface area contributed by atoms with E-state index in [9.17, 15) is 4.79 Å². The molecule has 1 fully saturated rings. The van der Waals surface area contributed by atoms with Crippen molar-refractivity contribution in [2.75, 3.05) is 19.7 Å². The van der Waals surface area contributed by atoms with Crippen LogP contribution in [0.15, 0.2) is 66.9 Å². The van der Waals surface area contributed by atoms with E-state index in [1.165, 1.54) is 0 Å². The summed E-state index contributed by atoms with van der Waals surface area (Å²) in [5, 5.41) is 8.52. The molecule has 2 aromatic carbocycles. The van der Waals surface area contributed by atoms with Crippen LogP contribution in [0.3, 0.4) is 0 Å². The van der Waals surface area contributed by atoms with Crippen molar-refractivity contribution in [2.45, 2.75) is 12.5 Å². The molecule has 0 bridgehead atoms. The summed E-state index contributed by atoms with van der Waals surface area (Å²) in [4.78, 5) is 14.2. The maximum Gasteiger partial charge on any atom is 0.260 e. The summed E-state index contributed by atoms with van der Waals surface area (Å²) in [7, 11) is 0. The first-order valence-electron chi connectivity index (χ1n) is 8.72. The van der Waals surface area contributed by atoms with Crippen LogP contribution in [0.25, 0.3) is 11.3 Å². The Hall–Kier alpha value is -3.15. The van der Waals surface area contributed by atoms with E-state index in [0.29, 0.717) is 18.8 Å². The molecule has 1 amide bonds. The molecule has 3 aromatic rings. The van der Waals surface area contributed by atoms with Crippen molar-refractivity contribution in [1.82, 2.24) is 19.9 Å². The molecule has 4 rings (SSSR count). The molecule has 0 radical (unpaired) electrons. The lowest BCUT2D eigenvalue weighted by molar-refractivity contribution is -0.132. The van der Waals surface area contributed by atoms with Crippen molar-refractivity contribution < 1.29 is 9.53 Å². The van der Waals surface area contributed by atoms with Crippen molar-refractivity contribution in [1.29, 1.82) is 0 Å². The summed E-state index contributed by atoms with van der Waals surface area (Å²) in [6.07, 6.45) is 2.82. The van der Waals surface area contributed by atoms with E-state index >= 15 is 0 Å². The Morgan fingerprint density at radius 2 is 1.81 bits per heavy atom. The van der Waals surface area contributed by atoms with Crippen LogP contribution in [0.1, 0.15) is 12.5 Å². The zero-order valence-electron chi connectivity index (χ0n) is 14.4. The van der Waals surface area contributed by atoms with Gasteiger partial charge in [0, 0.05) is 18.7 Å². The maximum absolute atomic E-state index is 12.4. The van der Waals surface area contributed by atoms with Crippen LogP contribution in [0.4, 0.5) is 0 Å². The molecule has 1 aliphatic heterocycles. The molecule has 6 heteroatoms. The largest absolute Gasteiger partial charge is 0.484 e. The third kappa shape index (κ3) is 3.59. The molecular weight excluding hydrogens is 328 g/mol. The fourth-order valence-corrected chi connectivity index (χ4v) is 3.13. The first-order valence-corrected chi connectivity index (χ1v) is 8.72. The van der Waals surface area contributed by atoms with Gasteiger partial charge in [-0.3, -0.25) is 4.79 Å². The Morgan fingerprint density at radius 1 is 1.08 bits per heavy atom. The molecule has 0 unspecified atom stereocenters. The second kappa shape index (κ2) is 7.39. The van der Waals surface area contributed by atoms with Crippen molar-refractivity contribution in [3.05, 3.63) is 66.9 Å². The van der Waals surface area contributed by atoms with E-state index in [1.807, 2.05) is 76.4 Å². The van der Waals surface area contributed by atoms with Crippen LogP contribution in [0.2, 0.25) is 0 Å². The zero-order valence-corrected chi connectivity index (χ0v) is 14.4. The number of hydrogen-bond acceptors (Lipinski definition) is 4. The highest BCUT2D eigenvalue weighted by atomic mass is 16.5. The van der Waals surface area contributed by atoms with Gasteiger partial charge in [-0.1, -0.05) is 53.7 Å². The quantitative estimate of drug-likeness (QED) is 0.711. The monoisotopic (exact) mass is 348 g/mol. The van der Waals surface area contributed by atoms with Crippen LogP contribution < -0.4 is 4.74 Å². The predicted octanol–water partition coefficient (Wildman–Crippen LogP) is 2.80. The Labute approximate surface area is 152 Å². The summed E-state index contributed by atoms with van der Waals surface area (Å²) in [6, 6.07) is 19.5. The molecule has 0 saturated carbocycles. The van der Waals surface area contributed by atoms with Crippen LogP contribution in [-0.2, 0) is 4.79 Å². The second-order valence-corrected chi connectivity index (χ2v) is 6.33. The highest BCUT2D eigenvalue weighted by Gasteiger charge is 2.28. The molecule has 1 aromatic heterocycles. The van der Waals surface area contributed by atoms with Gasteiger partial charge in [-0.2, -0.15) is 0 Å². The highest BCUT2D eigenvalue weighted by Crippen LogP contribution is 2.23. The van der Waals surface area contributed by atoms with E-state index in [2.05, 4.69) is 10.3 Å². The van der Waals surface area contributed by atoms with Crippen molar-refractivity contribution in [3.8, 4) is 17.0 Å². The van der Waals surface area contributed by atoms with E-state index in [4.69, 9.17) is 4.74 Å². The van der Waals surface area contributed by atoms with Gasteiger partial charge in [0.25, 0.3) is 5.91 Å². The number of nitrogens with zero attached hydrogens (tertiary/aromatic N) is 4. The molecule has 1 saturated heterocycles. The number of carbonyl (C=O) groups is 1. The molecule has 1 aliphatic rings. The Kier molecular flexibility index (Phi) is 4.64. The lowest BCUT2D eigenvalue weighted by Gasteiger charge is -2.16. The second-order valence-electron chi connectivity index (χ2n) is 6.33. The average molecular weight is 348 g/mol. The van der Waals surface area contributed by atoms with Gasteiger partial charge in [-0.15, -0.1) is 5.10 Å². The van der Waals surface area contributed by atoms with Gasteiger partial charge in [0.05, 0.1) is 12.2 Å². The minimum atomic E-state index is -0.000230. The predicted molar refractivity (Wildman–Crippen MR) is 97.6 cm³/mol. The van der Waals surface area contributed by atoms with E-state index in [0.717, 1.165) is 17.7 Å². The van der Waals surface area contributed by atoms with Gasteiger partial charge in [-0.05, 0) is 18.6 Å². The SMILES string of the molecule is O=C(COc1ccccc1)N1CC[C@H](n2cc(-c3ccccc3)nn2)C1. The first kappa shape index (κ1) is 16.3. The summed E-state index contributed by atoms with van der Waals surface area (Å²) in [5.74, 6) is 0.708. The van der Waals surface area contributed by atoms with Crippen LogP contribution in [0.5, 0.6) is 5.75 Å². The average Bonchev–Trinajstić information content (AvgIpc) is 3.37. The summed E-state index contributed by atoms with van der Waals surface area (Å²) < 4.78 is 7.43. The molecule has 0 aliphatic carbocycles. The summed E-state index contributed by atoms with van der Waals surface area (Å²) >= 11 is 0. The fourth-order valence-electron chi connectivity index (χ4n) is 3.13. The van der Waals surface area contributed by atoms with Gasteiger partial charge in [0.1, 0.15) is 11.4 Å². The van der Waals surface area contributed by atoms with Gasteiger partial charge < -0.3 is 9.64 Å². The molecule has 0 N–H and O–H groups in total. The van der Waals surface area contributed by atoms with Gasteiger partial charge in [0.2, 0.25) is 0 Å². The van der Waals surface area contributed by atoms with Gasteiger partial charge in [0.15, 0.2) is 6.61 Å². The number of likely N-dealkylation sites (tertiary alicyclic amines) is 1. The summed E-state index contributed by atoms with van der Waals surface area (Å²) in [5.41, 5.74) is 1.89. The summed E-state index contributed by atoms with van der Waals surface area (Å²) in [6.45, 7) is 1.40. The highest BCUT2D eigenvalue weighted by molar-refractivity contribution is 5.78. The molecule has 132 valence electrons. The zero-order chi connectivity index (χ0) is 17.8. The standard InChI is InChI=1S/C20H20N4O2/c25-20(15-26-18-9-5-2-6-10-18)23-12-11-17(13-23)24-14-19(21-22-24)16-7-3-1-4-8-16/h1-10,14,17H,11-13,15H2/t17-/m0/s1. The number of aromatic nitrogens is 3. The van der Waals surface area contributed by atoms with Crippen LogP contribution in [-0.4, -0.2) is 45.5 Å². The lowest BCUT2D eigenvalue weighted by Crippen LogP contribution is -2.33. The van der Waals surface area contributed by atoms with Crippen molar-refractivity contribution >= 4 is 5.91 Å². The minimum Gasteiger partial charge on any atom is -0.484 e. The Balaban J connectivity index is 1.35. The Bertz CT molecular complexity index is 864. The van der Waals surface area contributed by atoms with E-state index < -0.39 is 0 Å². The third-order valence-corrected chi connectivity index (χ3v) is 4.58. The van der Waals surface area contributed by atoms with Crippen LogP contribution in [0, 0.1) is 0 Å². The lowest BCUT2D eigenvalue weighted by atomic mass is 10.2. The number of benzene rings is 2. The number of carbonyl (C=O) groups excluding carboxylic acids is 1.